The van der Waals surface area contributed by atoms with Crippen molar-refractivity contribution in [3.8, 4) is 17.6 Å². The average molecular weight is 550 g/mol. The van der Waals surface area contributed by atoms with Crippen LogP contribution in [0.3, 0.4) is 0 Å². The molecule has 0 aromatic heterocycles. The van der Waals surface area contributed by atoms with Gasteiger partial charge < -0.3 is 9.47 Å². The highest BCUT2D eigenvalue weighted by atomic mass is 32.2. The number of carbonyl (C=O) groups is 2. The van der Waals surface area contributed by atoms with Crippen LogP contribution in [-0.4, -0.2) is 26.6 Å². The molecule has 0 amide bonds. The van der Waals surface area contributed by atoms with Crippen molar-refractivity contribution in [2.45, 2.75) is 75.0 Å². The second-order valence-electron chi connectivity index (χ2n) is 10.2. The number of fused-ring (bicyclic) bond motifs is 1. The Morgan fingerprint density at radius 3 is 1.56 bits per heavy atom. The zero-order valence-corrected chi connectivity index (χ0v) is 23.2. The van der Waals surface area contributed by atoms with Crippen LogP contribution < -0.4 is 9.47 Å². The van der Waals surface area contributed by atoms with Gasteiger partial charge in [0, 0.05) is 6.26 Å². The molecule has 2 fully saturated rings. The minimum atomic E-state index is -3.77. The van der Waals surface area contributed by atoms with E-state index in [9.17, 15) is 23.3 Å². The fourth-order valence-corrected chi connectivity index (χ4v) is 8.83. The number of benzene rings is 1. The Labute approximate surface area is 221 Å². The van der Waals surface area contributed by atoms with Gasteiger partial charge in [-0.2, -0.15) is 5.26 Å². The number of nitrogens with zero attached hydrogens (tertiary/aromatic N) is 1. The zero-order valence-electron chi connectivity index (χ0n) is 20.7. The summed E-state index contributed by atoms with van der Waals surface area (Å²) in [5.41, 5.74) is 0. The first kappa shape index (κ1) is 27.1. The molecule has 0 N–H and O–H groups in total. The van der Waals surface area contributed by atoms with Crippen LogP contribution in [0.5, 0.6) is 11.5 Å². The third-order valence-corrected chi connectivity index (χ3v) is 11.1. The molecule has 10 heteroatoms. The molecule has 1 aromatic rings. The fourth-order valence-electron chi connectivity index (χ4n) is 4.83. The Morgan fingerprint density at radius 1 is 0.833 bits per heavy atom. The normalized spacial score (nSPS) is 26.0. The van der Waals surface area contributed by atoms with Crippen molar-refractivity contribution in [1.82, 2.24) is 0 Å². The molecule has 1 aromatic carbocycles. The SMILES string of the molecule is CC1CCC(C(=O)Oc2ccc(OC(=O)C3CCC(C)CC3)c3c2SC(=C(C#N)S(C)(=O)=O)S3)CC1. The van der Waals surface area contributed by atoms with Gasteiger partial charge in [0.1, 0.15) is 17.6 Å². The molecule has 0 saturated heterocycles. The molecular weight excluding hydrogens is 518 g/mol. The van der Waals surface area contributed by atoms with E-state index in [4.69, 9.17) is 9.47 Å². The third kappa shape index (κ3) is 6.12. The maximum atomic E-state index is 12.9. The third-order valence-electron chi connectivity index (χ3n) is 7.21. The van der Waals surface area contributed by atoms with Crippen molar-refractivity contribution in [3.05, 3.63) is 21.3 Å². The molecule has 0 radical (unpaired) electrons. The van der Waals surface area contributed by atoms with E-state index in [-0.39, 0.29) is 32.9 Å². The predicted molar refractivity (Wildman–Crippen MR) is 139 cm³/mol. The molecule has 0 atom stereocenters. The van der Waals surface area contributed by atoms with Crippen LogP contribution in [0.15, 0.2) is 31.1 Å². The van der Waals surface area contributed by atoms with Gasteiger partial charge >= 0.3 is 11.9 Å². The molecule has 0 spiro atoms. The van der Waals surface area contributed by atoms with E-state index in [1.807, 2.05) is 0 Å². The van der Waals surface area contributed by atoms with Crippen molar-refractivity contribution in [1.29, 1.82) is 5.26 Å². The van der Waals surface area contributed by atoms with Gasteiger partial charge in [-0.3, -0.25) is 9.59 Å². The van der Waals surface area contributed by atoms with E-state index in [1.165, 1.54) is 0 Å². The molecule has 3 aliphatic rings. The quantitative estimate of drug-likeness (QED) is 0.245. The van der Waals surface area contributed by atoms with E-state index in [0.717, 1.165) is 81.1 Å². The number of sulfone groups is 1. The Kier molecular flexibility index (Phi) is 8.42. The summed E-state index contributed by atoms with van der Waals surface area (Å²) in [6.45, 7) is 4.36. The number of hydrogen-bond acceptors (Lipinski definition) is 9. The molecule has 194 valence electrons. The van der Waals surface area contributed by atoms with E-state index < -0.39 is 9.84 Å². The molecule has 0 bridgehead atoms. The minimum Gasteiger partial charge on any atom is -0.425 e. The summed E-state index contributed by atoms with van der Waals surface area (Å²) >= 11 is 2.12. The van der Waals surface area contributed by atoms with E-state index in [1.54, 1.807) is 18.2 Å². The van der Waals surface area contributed by atoms with Crippen LogP contribution >= 0.6 is 23.5 Å². The maximum absolute atomic E-state index is 12.9. The Morgan fingerprint density at radius 2 is 1.22 bits per heavy atom. The summed E-state index contributed by atoms with van der Waals surface area (Å²) in [6.07, 6.45) is 7.99. The molecule has 4 rings (SSSR count). The van der Waals surface area contributed by atoms with Crippen molar-refractivity contribution in [2.75, 3.05) is 6.26 Å². The zero-order chi connectivity index (χ0) is 26.0. The molecule has 1 aliphatic heterocycles. The predicted octanol–water partition coefficient (Wildman–Crippen LogP) is 6.09. The lowest BCUT2D eigenvalue weighted by Gasteiger charge is -2.25. The van der Waals surface area contributed by atoms with Gasteiger partial charge in [0.15, 0.2) is 14.7 Å². The summed E-state index contributed by atoms with van der Waals surface area (Å²) in [5, 5.41) is 9.53. The first-order chi connectivity index (χ1) is 17.1. The first-order valence-electron chi connectivity index (χ1n) is 12.4. The fraction of sp³-hybridized carbons (Fsp3) is 0.577. The second-order valence-corrected chi connectivity index (χ2v) is 14.4. The Balaban J connectivity index is 1.63. The van der Waals surface area contributed by atoms with E-state index in [2.05, 4.69) is 13.8 Å². The lowest BCUT2D eigenvalue weighted by atomic mass is 9.83. The summed E-state index contributed by atoms with van der Waals surface area (Å²) in [7, 11) is -3.77. The van der Waals surface area contributed by atoms with Crippen LogP contribution in [0, 0.1) is 35.0 Å². The van der Waals surface area contributed by atoms with Crippen LogP contribution in [-0.2, 0) is 19.4 Å². The second kappa shape index (κ2) is 11.2. The van der Waals surface area contributed by atoms with Gasteiger partial charge in [-0.1, -0.05) is 37.4 Å². The van der Waals surface area contributed by atoms with Crippen LogP contribution in [0.2, 0.25) is 0 Å². The van der Waals surface area contributed by atoms with Crippen molar-refractivity contribution in [2.24, 2.45) is 23.7 Å². The van der Waals surface area contributed by atoms with Gasteiger partial charge in [0.05, 0.1) is 25.9 Å². The van der Waals surface area contributed by atoms with Crippen molar-refractivity contribution in [3.63, 3.8) is 0 Å². The Hall–Kier alpha value is -1.96. The van der Waals surface area contributed by atoms with Gasteiger partial charge in [0.2, 0.25) is 0 Å². The number of ether oxygens (including phenoxy) is 2. The van der Waals surface area contributed by atoms with Gasteiger partial charge in [-0.15, -0.1) is 0 Å². The average Bonchev–Trinajstić information content (AvgIpc) is 3.26. The van der Waals surface area contributed by atoms with Gasteiger partial charge in [-0.25, -0.2) is 8.42 Å². The monoisotopic (exact) mass is 549 g/mol. The first-order valence-corrected chi connectivity index (χ1v) is 15.9. The summed E-state index contributed by atoms with van der Waals surface area (Å²) in [5.74, 6) is 0.801. The summed E-state index contributed by atoms with van der Waals surface area (Å²) in [6, 6.07) is 4.97. The number of nitriles is 1. The lowest BCUT2D eigenvalue weighted by Crippen LogP contribution is -2.25. The van der Waals surface area contributed by atoms with E-state index >= 15 is 0 Å². The molecule has 1 heterocycles. The van der Waals surface area contributed by atoms with Crippen LogP contribution in [0.25, 0.3) is 0 Å². The number of esters is 2. The highest BCUT2D eigenvalue weighted by molar-refractivity contribution is 8.25. The molecule has 7 nitrogen and oxygen atoms in total. The van der Waals surface area contributed by atoms with Crippen molar-refractivity contribution < 1.29 is 27.5 Å². The molecule has 2 saturated carbocycles. The van der Waals surface area contributed by atoms with Gasteiger partial charge in [0.25, 0.3) is 0 Å². The maximum Gasteiger partial charge on any atom is 0.314 e. The number of carbonyl (C=O) groups excluding carboxylic acids is 2. The summed E-state index contributed by atoms with van der Waals surface area (Å²) < 4.78 is 36.3. The molecule has 36 heavy (non-hydrogen) atoms. The van der Waals surface area contributed by atoms with Crippen molar-refractivity contribution >= 4 is 45.3 Å². The van der Waals surface area contributed by atoms with Crippen LogP contribution in [0.1, 0.15) is 65.2 Å². The minimum absolute atomic E-state index is 0.178. The largest absolute Gasteiger partial charge is 0.425 e. The smallest absolute Gasteiger partial charge is 0.314 e. The van der Waals surface area contributed by atoms with E-state index in [0.29, 0.717) is 33.1 Å². The number of thioether (sulfide) groups is 2. The topological polar surface area (TPSA) is 111 Å². The molecule has 0 unspecified atom stereocenters. The molecule has 2 aliphatic carbocycles. The van der Waals surface area contributed by atoms with Gasteiger partial charge in [-0.05, 0) is 75.3 Å². The molecular formula is C26H31NO6S3. The number of rotatable bonds is 5. The number of hydrogen-bond donors (Lipinski definition) is 0. The number of allylic oxidation sites excluding steroid dienone is 1. The highest BCUT2D eigenvalue weighted by Crippen LogP contribution is 2.59. The summed E-state index contributed by atoms with van der Waals surface area (Å²) in [4.78, 5) is 26.5. The highest BCUT2D eigenvalue weighted by Gasteiger charge is 2.35. The van der Waals surface area contributed by atoms with Crippen LogP contribution in [0.4, 0.5) is 0 Å². The lowest BCUT2D eigenvalue weighted by molar-refractivity contribution is -0.141. The standard InChI is InChI=1S/C26H31NO6S3/c1-15-4-8-17(9-5-15)24(28)32-19-12-13-20(33-25(29)18-10-6-16(2)7-11-18)23-22(19)34-26(35-23)21(14-27)36(3,30)31/h12-13,15-18H,4-11H2,1-3H3. The Bertz CT molecular complexity index is 1150.